The van der Waals surface area contributed by atoms with Crippen molar-refractivity contribution < 1.29 is 4.42 Å². The smallest absolute Gasteiger partial charge is 0.181 e. The summed E-state index contributed by atoms with van der Waals surface area (Å²) in [6, 6.07) is 33.0. The largest absolute Gasteiger partial charge is 0.443 e. The van der Waals surface area contributed by atoms with E-state index < -0.39 is 0 Å². The summed E-state index contributed by atoms with van der Waals surface area (Å²) in [4.78, 5) is 4.30. The first-order valence-corrected chi connectivity index (χ1v) is 10.4. The van der Waals surface area contributed by atoms with Gasteiger partial charge in [-0.15, -0.1) is 10.2 Å². The Hall–Kier alpha value is -4.51. The van der Waals surface area contributed by atoms with Gasteiger partial charge in [0, 0.05) is 16.7 Å². The van der Waals surface area contributed by atoms with E-state index in [1.807, 2.05) is 30.3 Å². The summed E-state index contributed by atoms with van der Waals surface area (Å²) in [6.07, 6.45) is 3.23. The van der Waals surface area contributed by atoms with Crippen molar-refractivity contribution in [3.05, 3.63) is 110 Å². The Bertz CT molecular complexity index is 1460. The highest BCUT2D eigenvalue weighted by atomic mass is 16.3. The highest BCUT2D eigenvalue weighted by molar-refractivity contribution is 5.87. The quantitative estimate of drug-likeness (QED) is 0.334. The zero-order valence-corrected chi connectivity index (χ0v) is 17.1. The Kier molecular flexibility index (Phi) is 4.36. The fourth-order valence-corrected chi connectivity index (χ4v) is 4.10. The second-order valence-electron chi connectivity index (χ2n) is 7.49. The van der Waals surface area contributed by atoms with Gasteiger partial charge in [-0.1, -0.05) is 78.9 Å². The van der Waals surface area contributed by atoms with Crippen molar-refractivity contribution in [3.63, 3.8) is 0 Å². The van der Waals surface area contributed by atoms with Gasteiger partial charge >= 0.3 is 0 Å². The Labute approximate surface area is 184 Å². The number of benzene rings is 4. The van der Waals surface area contributed by atoms with Crippen LogP contribution in [0.4, 0.5) is 0 Å². The van der Waals surface area contributed by atoms with E-state index in [-0.39, 0.29) is 0 Å². The Morgan fingerprint density at radius 1 is 0.656 bits per heavy atom. The monoisotopic (exact) mass is 414 g/mol. The highest BCUT2D eigenvalue weighted by Gasteiger charge is 2.18. The third-order valence-corrected chi connectivity index (χ3v) is 5.58. The van der Waals surface area contributed by atoms with Crippen LogP contribution in [-0.2, 0) is 0 Å². The van der Waals surface area contributed by atoms with Crippen LogP contribution in [0, 0.1) is 0 Å². The molecule has 0 fully saturated rings. The summed E-state index contributed by atoms with van der Waals surface area (Å²) in [5, 5.41) is 8.76. The molecule has 6 rings (SSSR count). The molecule has 0 atom stereocenters. The summed E-state index contributed by atoms with van der Waals surface area (Å²) >= 11 is 0. The number of para-hydroxylation sites is 1. The minimum atomic E-state index is 0.745. The molecule has 0 aliphatic rings. The third-order valence-electron chi connectivity index (χ3n) is 5.58. The molecule has 6 aromatic rings. The van der Waals surface area contributed by atoms with Gasteiger partial charge in [0.1, 0.15) is 11.8 Å². The third kappa shape index (κ3) is 3.08. The first-order chi connectivity index (χ1) is 15.9. The predicted octanol–water partition coefficient (Wildman–Crippen LogP) is 6.41. The SMILES string of the molecule is c1ccc(-c2cccc(-c3ccccc3)c2-n2cnnc2-c2ccc3ocnc3c2)cc1. The van der Waals surface area contributed by atoms with Gasteiger partial charge in [0.05, 0.1) is 5.69 Å². The van der Waals surface area contributed by atoms with Gasteiger partial charge in [0.2, 0.25) is 0 Å². The van der Waals surface area contributed by atoms with Crippen LogP contribution in [0.1, 0.15) is 0 Å². The molecule has 152 valence electrons. The van der Waals surface area contributed by atoms with Gasteiger partial charge in [0.25, 0.3) is 0 Å². The molecule has 0 saturated carbocycles. The minimum Gasteiger partial charge on any atom is -0.443 e. The van der Waals surface area contributed by atoms with E-state index >= 15 is 0 Å². The molecule has 0 spiro atoms. The molecule has 0 saturated heterocycles. The summed E-state index contributed by atoms with van der Waals surface area (Å²) in [5.74, 6) is 0.746. The molecule has 0 unspecified atom stereocenters. The van der Waals surface area contributed by atoms with Crippen LogP contribution in [0.2, 0.25) is 0 Å². The van der Waals surface area contributed by atoms with Gasteiger partial charge in [-0.2, -0.15) is 0 Å². The molecule has 0 radical (unpaired) electrons. The lowest BCUT2D eigenvalue weighted by molar-refractivity contribution is 0.602. The standard InChI is InChI=1S/C27H18N4O/c1-3-8-19(9-4-1)22-12-7-13-23(20-10-5-2-6-11-20)26(22)31-17-29-30-27(31)21-14-15-25-24(16-21)28-18-32-25/h1-18H. The molecule has 32 heavy (non-hydrogen) atoms. The van der Waals surface area contributed by atoms with Crippen LogP contribution in [0.15, 0.2) is 114 Å². The average molecular weight is 414 g/mol. The molecule has 2 aromatic heterocycles. The van der Waals surface area contributed by atoms with Crippen LogP contribution in [-0.4, -0.2) is 19.7 Å². The molecule has 2 heterocycles. The number of oxazole rings is 1. The van der Waals surface area contributed by atoms with Crippen molar-refractivity contribution in [2.75, 3.05) is 0 Å². The minimum absolute atomic E-state index is 0.745. The lowest BCUT2D eigenvalue weighted by atomic mass is 9.95. The maximum absolute atomic E-state index is 5.41. The van der Waals surface area contributed by atoms with E-state index in [0.29, 0.717) is 0 Å². The lowest BCUT2D eigenvalue weighted by Crippen LogP contribution is -2.02. The molecular weight excluding hydrogens is 396 g/mol. The lowest BCUT2D eigenvalue weighted by Gasteiger charge is -2.18. The molecule has 0 aliphatic heterocycles. The first-order valence-electron chi connectivity index (χ1n) is 10.4. The summed E-state index contributed by atoms with van der Waals surface area (Å²) < 4.78 is 7.47. The number of hydrogen-bond acceptors (Lipinski definition) is 4. The van der Waals surface area contributed by atoms with Crippen LogP contribution >= 0.6 is 0 Å². The van der Waals surface area contributed by atoms with Crippen LogP contribution < -0.4 is 0 Å². The van der Waals surface area contributed by atoms with Crippen molar-refractivity contribution >= 4 is 11.1 Å². The van der Waals surface area contributed by atoms with E-state index in [2.05, 4.69) is 86.5 Å². The van der Waals surface area contributed by atoms with Crippen molar-refractivity contribution in [2.24, 2.45) is 0 Å². The molecule has 4 aromatic carbocycles. The molecule has 0 N–H and O–H groups in total. The molecule has 0 bridgehead atoms. The molecule has 0 amide bonds. The second kappa shape index (κ2) is 7.63. The van der Waals surface area contributed by atoms with Crippen molar-refractivity contribution in [3.8, 4) is 39.3 Å². The van der Waals surface area contributed by atoms with Gasteiger partial charge in [0.15, 0.2) is 17.8 Å². The number of nitrogens with zero attached hydrogens (tertiary/aromatic N) is 4. The van der Waals surface area contributed by atoms with Gasteiger partial charge in [-0.25, -0.2) is 4.98 Å². The predicted molar refractivity (Wildman–Crippen MR) is 125 cm³/mol. The van der Waals surface area contributed by atoms with E-state index in [4.69, 9.17) is 4.42 Å². The van der Waals surface area contributed by atoms with Crippen LogP contribution in [0.25, 0.3) is 50.4 Å². The van der Waals surface area contributed by atoms with Gasteiger partial charge in [-0.05, 0) is 29.3 Å². The van der Waals surface area contributed by atoms with Crippen LogP contribution in [0.3, 0.4) is 0 Å². The normalized spacial score (nSPS) is 11.1. The Morgan fingerprint density at radius 3 is 2.03 bits per heavy atom. The number of fused-ring (bicyclic) bond motifs is 1. The summed E-state index contributed by atoms with van der Waals surface area (Å²) in [7, 11) is 0. The Morgan fingerprint density at radius 2 is 1.34 bits per heavy atom. The molecule has 5 heteroatoms. The summed E-state index contributed by atoms with van der Waals surface area (Å²) in [5.41, 5.74) is 7.96. The van der Waals surface area contributed by atoms with Crippen molar-refractivity contribution in [1.82, 2.24) is 19.7 Å². The molecule has 0 aliphatic carbocycles. The topological polar surface area (TPSA) is 56.7 Å². The van der Waals surface area contributed by atoms with E-state index in [1.165, 1.54) is 6.39 Å². The zero-order valence-electron chi connectivity index (χ0n) is 17.1. The maximum Gasteiger partial charge on any atom is 0.181 e. The van der Waals surface area contributed by atoms with Crippen LogP contribution in [0.5, 0.6) is 0 Å². The number of rotatable bonds is 4. The number of aromatic nitrogens is 4. The van der Waals surface area contributed by atoms with Gasteiger partial charge < -0.3 is 4.42 Å². The van der Waals surface area contributed by atoms with Crippen molar-refractivity contribution in [1.29, 1.82) is 0 Å². The Balaban J connectivity index is 1.63. The molecule has 5 nitrogen and oxygen atoms in total. The molecular formula is C27H18N4O. The van der Waals surface area contributed by atoms with E-state index in [0.717, 1.165) is 50.4 Å². The first kappa shape index (κ1) is 18.3. The van der Waals surface area contributed by atoms with Crippen molar-refractivity contribution in [2.45, 2.75) is 0 Å². The highest BCUT2D eigenvalue weighted by Crippen LogP contribution is 2.37. The average Bonchev–Trinajstić information content (AvgIpc) is 3.54. The second-order valence-corrected chi connectivity index (χ2v) is 7.49. The summed E-state index contributed by atoms with van der Waals surface area (Å²) in [6.45, 7) is 0. The maximum atomic E-state index is 5.41. The van der Waals surface area contributed by atoms with Gasteiger partial charge in [-0.3, -0.25) is 4.57 Å². The van der Waals surface area contributed by atoms with E-state index in [9.17, 15) is 0 Å². The fourth-order valence-electron chi connectivity index (χ4n) is 4.10. The number of hydrogen-bond donors (Lipinski definition) is 0. The van der Waals surface area contributed by atoms with E-state index in [1.54, 1.807) is 6.33 Å². The zero-order chi connectivity index (χ0) is 21.3. The fraction of sp³-hybridized carbons (Fsp3) is 0.